The molecule has 0 unspecified atom stereocenters. The summed E-state index contributed by atoms with van der Waals surface area (Å²) in [4.78, 5) is 22.6. The van der Waals surface area contributed by atoms with Crippen molar-refractivity contribution in [2.24, 2.45) is 0 Å². The van der Waals surface area contributed by atoms with Gasteiger partial charge in [0, 0.05) is 14.7 Å². The Balaban J connectivity index is 2.33. The lowest BCUT2D eigenvalue weighted by atomic mass is 10.2. The fourth-order valence-electron chi connectivity index (χ4n) is 1.62. The Labute approximate surface area is 147 Å². The van der Waals surface area contributed by atoms with Gasteiger partial charge in [-0.25, -0.2) is 0 Å². The van der Waals surface area contributed by atoms with E-state index >= 15 is 0 Å². The predicted molar refractivity (Wildman–Crippen MR) is 92.9 cm³/mol. The van der Waals surface area contributed by atoms with Crippen LogP contribution in [0.15, 0.2) is 40.9 Å². The third kappa shape index (κ3) is 3.72. The van der Waals surface area contributed by atoms with Gasteiger partial charge in [0.2, 0.25) is 0 Å². The van der Waals surface area contributed by atoms with Gasteiger partial charge in [-0.05, 0) is 62.8 Å². The van der Waals surface area contributed by atoms with Gasteiger partial charge in [0.1, 0.15) is 4.47 Å². The molecule has 0 saturated heterocycles. The zero-order chi connectivity index (χ0) is 15.6. The Hall–Kier alpha value is -1.19. The van der Waals surface area contributed by atoms with Crippen molar-refractivity contribution in [3.63, 3.8) is 0 Å². The summed E-state index contributed by atoms with van der Waals surface area (Å²) < 4.78 is 0.923. The number of carbonyl (C=O) groups is 1. The summed E-state index contributed by atoms with van der Waals surface area (Å²) in [5, 5.41) is 14.1. The molecule has 21 heavy (non-hydrogen) atoms. The molecule has 0 fully saturated rings. The van der Waals surface area contributed by atoms with E-state index < -0.39 is 10.8 Å². The van der Waals surface area contributed by atoms with Crippen molar-refractivity contribution in [1.29, 1.82) is 0 Å². The van der Waals surface area contributed by atoms with Gasteiger partial charge in [-0.1, -0.05) is 17.7 Å². The van der Waals surface area contributed by atoms with Gasteiger partial charge in [0.05, 0.1) is 16.2 Å². The number of anilines is 1. The fourth-order valence-corrected chi connectivity index (χ4v) is 3.21. The average Bonchev–Trinajstić information content (AvgIpc) is 2.41. The van der Waals surface area contributed by atoms with Crippen LogP contribution < -0.4 is 5.32 Å². The van der Waals surface area contributed by atoms with Gasteiger partial charge in [-0.2, -0.15) is 0 Å². The molecular formula is C13H7BrClIN2O3. The van der Waals surface area contributed by atoms with Gasteiger partial charge in [-0.3, -0.25) is 14.9 Å². The standard InChI is InChI=1S/C13H7BrClIN2O3/c14-12-8(2-1-3-11(12)18(20)21)13(19)17-10-5-4-7(15)6-9(10)16/h1-6H,(H,17,19). The Morgan fingerprint density at radius 1 is 1.33 bits per heavy atom. The molecule has 0 spiro atoms. The molecule has 0 aliphatic rings. The average molecular weight is 481 g/mol. The first kappa shape index (κ1) is 16.2. The normalized spacial score (nSPS) is 10.2. The van der Waals surface area contributed by atoms with E-state index in [4.69, 9.17) is 11.6 Å². The summed E-state index contributed by atoms with van der Waals surface area (Å²) in [7, 11) is 0. The van der Waals surface area contributed by atoms with E-state index in [-0.39, 0.29) is 15.7 Å². The van der Waals surface area contributed by atoms with Crippen LogP contribution in [0, 0.1) is 13.7 Å². The molecule has 1 N–H and O–H groups in total. The zero-order valence-corrected chi connectivity index (χ0v) is 14.8. The third-order valence-corrected chi connectivity index (χ3v) is 4.56. The van der Waals surface area contributed by atoms with E-state index in [0.29, 0.717) is 10.7 Å². The molecule has 8 heteroatoms. The highest BCUT2D eigenvalue weighted by atomic mass is 127. The lowest BCUT2D eigenvalue weighted by molar-refractivity contribution is -0.385. The fraction of sp³-hybridized carbons (Fsp3) is 0. The number of carbonyl (C=O) groups excluding carboxylic acids is 1. The van der Waals surface area contributed by atoms with Crippen molar-refractivity contribution in [3.05, 3.63) is 65.1 Å². The second kappa shape index (κ2) is 6.71. The summed E-state index contributed by atoms with van der Waals surface area (Å²) in [6.07, 6.45) is 0. The van der Waals surface area contributed by atoms with E-state index in [1.165, 1.54) is 18.2 Å². The van der Waals surface area contributed by atoms with Gasteiger partial charge >= 0.3 is 0 Å². The topological polar surface area (TPSA) is 72.2 Å². The minimum Gasteiger partial charge on any atom is -0.321 e. The molecule has 0 aromatic heterocycles. The van der Waals surface area contributed by atoms with Crippen LogP contribution in [0.25, 0.3) is 0 Å². The minimum atomic E-state index is -0.549. The zero-order valence-electron chi connectivity index (χ0n) is 10.3. The molecule has 108 valence electrons. The van der Waals surface area contributed by atoms with Crippen LogP contribution in [0.5, 0.6) is 0 Å². The van der Waals surface area contributed by atoms with Crippen LogP contribution in [0.1, 0.15) is 10.4 Å². The SMILES string of the molecule is O=C(Nc1ccc(Cl)cc1I)c1cccc([N+](=O)[O-])c1Br. The Morgan fingerprint density at radius 3 is 2.67 bits per heavy atom. The van der Waals surface area contributed by atoms with Gasteiger partial charge in [0.25, 0.3) is 11.6 Å². The Bertz CT molecular complexity index is 739. The number of benzene rings is 2. The molecule has 0 atom stereocenters. The van der Waals surface area contributed by atoms with Crippen LogP contribution >= 0.6 is 50.1 Å². The quantitative estimate of drug-likeness (QED) is 0.386. The molecule has 0 aliphatic heterocycles. The monoisotopic (exact) mass is 480 g/mol. The van der Waals surface area contributed by atoms with Crippen LogP contribution in [0.4, 0.5) is 11.4 Å². The van der Waals surface area contributed by atoms with Gasteiger partial charge < -0.3 is 5.32 Å². The lowest BCUT2D eigenvalue weighted by Gasteiger charge is -2.09. The molecule has 0 saturated carbocycles. The van der Waals surface area contributed by atoms with E-state index in [2.05, 4.69) is 21.2 Å². The second-order valence-electron chi connectivity index (χ2n) is 3.97. The van der Waals surface area contributed by atoms with Crippen LogP contribution in [-0.2, 0) is 0 Å². The number of hydrogen-bond donors (Lipinski definition) is 1. The number of rotatable bonds is 3. The molecule has 5 nitrogen and oxygen atoms in total. The third-order valence-electron chi connectivity index (χ3n) is 2.60. The van der Waals surface area contributed by atoms with Crippen molar-refractivity contribution in [3.8, 4) is 0 Å². The molecule has 1 amide bonds. The lowest BCUT2D eigenvalue weighted by Crippen LogP contribution is -2.14. The number of amides is 1. The summed E-state index contributed by atoms with van der Waals surface area (Å²) in [5.41, 5.74) is 0.617. The summed E-state index contributed by atoms with van der Waals surface area (Å²) in [5.74, 6) is -0.439. The number of nitrogens with zero attached hydrogens (tertiary/aromatic N) is 1. The van der Waals surface area contributed by atoms with Crippen molar-refractivity contribution >= 4 is 67.4 Å². The van der Waals surface area contributed by atoms with Crippen molar-refractivity contribution in [2.45, 2.75) is 0 Å². The molecule has 2 aromatic rings. The largest absolute Gasteiger partial charge is 0.321 e. The number of nitro groups is 1. The maximum Gasteiger partial charge on any atom is 0.284 e. The number of nitro benzene ring substituents is 1. The molecule has 0 bridgehead atoms. The van der Waals surface area contributed by atoms with E-state index in [1.54, 1.807) is 18.2 Å². The van der Waals surface area contributed by atoms with Crippen molar-refractivity contribution in [2.75, 3.05) is 5.32 Å². The highest BCUT2D eigenvalue weighted by molar-refractivity contribution is 14.1. The van der Waals surface area contributed by atoms with E-state index in [1.807, 2.05) is 22.6 Å². The van der Waals surface area contributed by atoms with Gasteiger partial charge in [0.15, 0.2) is 0 Å². The van der Waals surface area contributed by atoms with Crippen LogP contribution in [0.3, 0.4) is 0 Å². The van der Waals surface area contributed by atoms with Crippen molar-refractivity contribution < 1.29 is 9.72 Å². The predicted octanol–water partition coefficient (Wildman–Crippen LogP) is 4.87. The minimum absolute atomic E-state index is 0.150. The first-order chi connectivity index (χ1) is 9.90. The Morgan fingerprint density at radius 2 is 2.05 bits per heavy atom. The summed E-state index contributed by atoms with van der Waals surface area (Å²) >= 11 is 11.0. The molecule has 2 aromatic carbocycles. The van der Waals surface area contributed by atoms with Crippen LogP contribution in [-0.4, -0.2) is 10.8 Å². The molecule has 0 heterocycles. The number of halogens is 3. The first-order valence-electron chi connectivity index (χ1n) is 5.59. The summed E-state index contributed by atoms with van der Waals surface area (Å²) in [6.45, 7) is 0. The van der Waals surface area contributed by atoms with Gasteiger partial charge in [-0.15, -0.1) is 0 Å². The Kier molecular flexibility index (Phi) is 5.17. The van der Waals surface area contributed by atoms with Crippen LogP contribution in [0.2, 0.25) is 5.02 Å². The molecular weight excluding hydrogens is 474 g/mol. The smallest absolute Gasteiger partial charge is 0.284 e. The van der Waals surface area contributed by atoms with Crippen molar-refractivity contribution in [1.82, 2.24) is 0 Å². The maximum absolute atomic E-state index is 12.2. The molecule has 2 rings (SSSR count). The molecule has 0 radical (unpaired) electrons. The van der Waals surface area contributed by atoms with E-state index in [9.17, 15) is 14.9 Å². The van der Waals surface area contributed by atoms with E-state index in [0.717, 1.165) is 3.57 Å². The number of nitrogens with one attached hydrogen (secondary N) is 1. The maximum atomic E-state index is 12.2. The number of hydrogen-bond acceptors (Lipinski definition) is 3. The first-order valence-corrected chi connectivity index (χ1v) is 7.84. The summed E-state index contributed by atoms with van der Waals surface area (Å²) in [6, 6.07) is 9.34. The second-order valence-corrected chi connectivity index (χ2v) is 6.37. The highest BCUT2D eigenvalue weighted by Gasteiger charge is 2.19. The molecule has 0 aliphatic carbocycles. The highest BCUT2D eigenvalue weighted by Crippen LogP contribution is 2.29.